The third-order valence-corrected chi connectivity index (χ3v) is 3.65. The first-order valence-corrected chi connectivity index (χ1v) is 7.63. The summed E-state index contributed by atoms with van der Waals surface area (Å²) in [6.07, 6.45) is 3.64. The Morgan fingerprint density at radius 3 is 2.52 bits per heavy atom. The largest absolute Gasteiger partial charge is 0.363 e. The van der Waals surface area contributed by atoms with Gasteiger partial charge < -0.3 is 10.2 Å². The fraction of sp³-hybridized carbons (Fsp3) is 0.250. The highest BCUT2D eigenvalue weighted by molar-refractivity contribution is 7.80. The summed E-state index contributed by atoms with van der Waals surface area (Å²) in [4.78, 5) is 6.28. The van der Waals surface area contributed by atoms with Crippen LogP contribution in [0.1, 0.15) is 18.1 Å². The van der Waals surface area contributed by atoms with Crippen molar-refractivity contribution in [3.8, 4) is 0 Å². The molecule has 2 rings (SSSR count). The van der Waals surface area contributed by atoms with E-state index in [1.807, 2.05) is 43.5 Å². The van der Waals surface area contributed by atoms with Gasteiger partial charge in [-0.2, -0.15) is 0 Å². The SMILES string of the molecule is CCNC(=S)N(Cc1ccc(Cl)cc1)Cc1cccnc1. The van der Waals surface area contributed by atoms with Crippen molar-refractivity contribution >= 4 is 28.9 Å². The Balaban J connectivity index is 2.11. The Morgan fingerprint density at radius 1 is 1.19 bits per heavy atom. The summed E-state index contributed by atoms with van der Waals surface area (Å²) in [7, 11) is 0. The fourth-order valence-corrected chi connectivity index (χ4v) is 2.38. The molecule has 2 aromatic rings. The molecule has 0 fully saturated rings. The molecule has 0 atom stereocenters. The maximum atomic E-state index is 5.93. The fourth-order valence-electron chi connectivity index (χ4n) is 1.98. The van der Waals surface area contributed by atoms with E-state index in [4.69, 9.17) is 23.8 Å². The lowest BCUT2D eigenvalue weighted by Gasteiger charge is -2.25. The van der Waals surface area contributed by atoms with Gasteiger partial charge in [0.15, 0.2) is 5.11 Å². The predicted octanol–water partition coefficient (Wildman–Crippen LogP) is 3.63. The highest BCUT2D eigenvalue weighted by Crippen LogP contribution is 2.13. The zero-order valence-electron chi connectivity index (χ0n) is 11.9. The second-order valence-corrected chi connectivity index (χ2v) is 5.50. The normalized spacial score (nSPS) is 10.2. The van der Waals surface area contributed by atoms with Crippen LogP contribution < -0.4 is 5.32 Å². The van der Waals surface area contributed by atoms with Crippen molar-refractivity contribution in [2.24, 2.45) is 0 Å². The van der Waals surface area contributed by atoms with Crippen molar-refractivity contribution in [3.05, 3.63) is 64.9 Å². The minimum absolute atomic E-state index is 0.725. The van der Waals surface area contributed by atoms with Crippen LogP contribution in [0.3, 0.4) is 0 Å². The molecule has 5 heteroatoms. The van der Waals surface area contributed by atoms with Crippen molar-refractivity contribution in [2.45, 2.75) is 20.0 Å². The predicted molar refractivity (Wildman–Crippen MR) is 91.2 cm³/mol. The van der Waals surface area contributed by atoms with Crippen molar-refractivity contribution in [1.82, 2.24) is 15.2 Å². The first kappa shape index (κ1) is 15.7. The average Bonchev–Trinajstić information content (AvgIpc) is 2.50. The average molecular weight is 320 g/mol. The van der Waals surface area contributed by atoms with E-state index in [0.717, 1.165) is 35.3 Å². The molecule has 1 heterocycles. The number of benzene rings is 1. The van der Waals surface area contributed by atoms with Gasteiger partial charge in [0.25, 0.3) is 0 Å². The van der Waals surface area contributed by atoms with Crippen LogP contribution in [0, 0.1) is 0 Å². The van der Waals surface area contributed by atoms with E-state index in [-0.39, 0.29) is 0 Å². The Hall–Kier alpha value is -1.65. The van der Waals surface area contributed by atoms with Crippen LogP contribution >= 0.6 is 23.8 Å². The van der Waals surface area contributed by atoms with Gasteiger partial charge in [-0.05, 0) is 48.5 Å². The van der Waals surface area contributed by atoms with E-state index >= 15 is 0 Å². The van der Waals surface area contributed by atoms with Crippen LogP contribution in [-0.4, -0.2) is 21.5 Å². The van der Waals surface area contributed by atoms with Gasteiger partial charge >= 0.3 is 0 Å². The van der Waals surface area contributed by atoms with Crippen molar-refractivity contribution in [1.29, 1.82) is 0 Å². The summed E-state index contributed by atoms with van der Waals surface area (Å²) in [5.74, 6) is 0. The van der Waals surface area contributed by atoms with Gasteiger partial charge in [-0.25, -0.2) is 0 Å². The van der Waals surface area contributed by atoms with Gasteiger partial charge in [0.1, 0.15) is 0 Å². The molecule has 0 unspecified atom stereocenters. The van der Waals surface area contributed by atoms with Gasteiger partial charge in [-0.3, -0.25) is 4.98 Å². The molecule has 1 aromatic carbocycles. The number of hydrogen-bond donors (Lipinski definition) is 1. The summed E-state index contributed by atoms with van der Waals surface area (Å²) in [5.41, 5.74) is 2.30. The third kappa shape index (κ3) is 4.99. The topological polar surface area (TPSA) is 28.2 Å². The molecule has 0 radical (unpaired) electrons. The maximum Gasteiger partial charge on any atom is 0.169 e. The number of rotatable bonds is 5. The zero-order chi connectivity index (χ0) is 15.1. The molecule has 0 saturated carbocycles. The minimum Gasteiger partial charge on any atom is -0.363 e. The molecule has 0 aliphatic rings. The van der Waals surface area contributed by atoms with E-state index in [1.54, 1.807) is 6.20 Å². The first-order valence-electron chi connectivity index (χ1n) is 6.85. The maximum absolute atomic E-state index is 5.93. The van der Waals surface area contributed by atoms with Gasteiger partial charge in [-0.1, -0.05) is 29.8 Å². The minimum atomic E-state index is 0.725. The molecule has 0 spiro atoms. The van der Waals surface area contributed by atoms with Crippen molar-refractivity contribution in [3.63, 3.8) is 0 Å². The lowest BCUT2D eigenvalue weighted by atomic mass is 10.2. The second-order valence-electron chi connectivity index (χ2n) is 4.68. The van der Waals surface area contributed by atoms with Crippen molar-refractivity contribution in [2.75, 3.05) is 6.54 Å². The molecule has 3 nitrogen and oxygen atoms in total. The number of pyridine rings is 1. The van der Waals surface area contributed by atoms with Crippen LogP contribution in [-0.2, 0) is 13.1 Å². The van der Waals surface area contributed by atoms with E-state index < -0.39 is 0 Å². The molecule has 0 aliphatic heterocycles. The number of nitrogens with zero attached hydrogens (tertiary/aromatic N) is 2. The van der Waals surface area contributed by atoms with Crippen LogP contribution in [0.25, 0.3) is 0 Å². The number of hydrogen-bond acceptors (Lipinski definition) is 2. The van der Waals surface area contributed by atoms with E-state index in [9.17, 15) is 0 Å². The molecule has 1 N–H and O–H groups in total. The number of nitrogens with one attached hydrogen (secondary N) is 1. The van der Waals surface area contributed by atoms with Crippen LogP contribution in [0.5, 0.6) is 0 Å². The van der Waals surface area contributed by atoms with E-state index in [1.165, 1.54) is 5.56 Å². The molecule has 0 aliphatic carbocycles. The van der Waals surface area contributed by atoms with Crippen LogP contribution in [0.4, 0.5) is 0 Å². The number of thiocarbonyl (C=S) groups is 1. The zero-order valence-corrected chi connectivity index (χ0v) is 13.5. The molecule has 21 heavy (non-hydrogen) atoms. The molecule has 110 valence electrons. The highest BCUT2D eigenvalue weighted by atomic mass is 35.5. The Kier molecular flexibility index (Phi) is 5.96. The van der Waals surface area contributed by atoms with Crippen LogP contribution in [0.2, 0.25) is 5.02 Å². The van der Waals surface area contributed by atoms with Gasteiger partial charge in [0, 0.05) is 37.1 Å². The van der Waals surface area contributed by atoms with E-state index in [2.05, 4.69) is 21.3 Å². The number of halogens is 1. The second kappa shape index (κ2) is 7.96. The summed E-state index contributed by atoms with van der Waals surface area (Å²) in [5, 5.41) is 4.70. The molecule has 0 saturated heterocycles. The Morgan fingerprint density at radius 2 is 1.90 bits per heavy atom. The summed E-state index contributed by atoms with van der Waals surface area (Å²) >= 11 is 11.4. The van der Waals surface area contributed by atoms with Crippen molar-refractivity contribution < 1.29 is 0 Å². The Labute approximate surface area is 136 Å². The highest BCUT2D eigenvalue weighted by Gasteiger charge is 2.10. The van der Waals surface area contributed by atoms with Gasteiger partial charge in [0.2, 0.25) is 0 Å². The lowest BCUT2D eigenvalue weighted by molar-refractivity contribution is 0.399. The summed E-state index contributed by atoms with van der Waals surface area (Å²) in [6, 6.07) is 11.8. The molecular formula is C16H18ClN3S. The molecule has 0 amide bonds. The molecule has 0 bridgehead atoms. The van der Waals surface area contributed by atoms with Gasteiger partial charge in [-0.15, -0.1) is 0 Å². The number of aromatic nitrogens is 1. The Bertz CT molecular complexity index is 572. The van der Waals surface area contributed by atoms with Gasteiger partial charge in [0.05, 0.1) is 0 Å². The molecular weight excluding hydrogens is 302 g/mol. The summed E-state index contributed by atoms with van der Waals surface area (Å²) < 4.78 is 0. The van der Waals surface area contributed by atoms with E-state index in [0.29, 0.717) is 0 Å². The molecule has 1 aromatic heterocycles. The summed E-state index contributed by atoms with van der Waals surface area (Å²) in [6.45, 7) is 4.31. The monoisotopic (exact) mass is 319 g/mol. The quantitative estimate of drug-likeness (QED) is 0.852. The lowest BCUT2D eigenvalue weighted by Crippen LogP contribution is -2.38. The third-order valence-electron chi connectivity index (χ3n) is 3.00. The first-order chi connectivity index (χ1) is 10.2. The standard InChI is InChI=1S/C16H18ClN3S/c1-2-19-16(21)20(12-14-4-3-9-18-10-14)11-13-5-7-15(17)8-6-13/h3-10H,2,11-12H2,1H3,(H,19,21). The smallest absolute Gasteiger partial charge is 0.169 e. The van der Waals surface area contributed by atoms with Crippen LogP contribution in [0.15, 0.2) is 48.8 Å².